The molecule has 0 aliphatic carbocycles. The van der Waals surface area contributed by atoms with Crippen molar-refractivity contribution in [2.24, 2.45) is 5.92 Å². The SMILES string of the molecule is CCCOC(=O)C(CC(C)C)SCCCC(C)F. The molecule has 18 heavy (non-hydrogen) atoms. The molecule has 2 atom stereocenters. The molecule has 0 amide bonds. The smallest absolute Gasteiger partial charge is 0.319 e. The molecule has 108 valence electrons. The van der Waals surface area contributed by atoms with E-state index in [4.69, 9.17) is 4.74 Å². The molecule has 0 aromatic carbocycles. The highest BCUT2D eigenvalue weighted by molar-refractivity contribution is 8.00. The first-order valence-corrected chi connectivity index (χ1v) is 7.94. The van der Waals surface area contributed by atoms with Gasteiger partial charge in [0.1, 0.15) is 5.25 Å². The summed E-state index contributed by atoms with van der Waals surface area (Å²) in [5.74, 6) is 1.19. The molecule has 0 aromatic rings. The minimum absolute atomic E-state index is 0.0912. The van der Waals surface area contributed by atoms with Crippen molar-refractivity contribution in [1.82, 2.24) is 0 Å². The average molecular weight is 278 g/mol. The quantitative estimate of drug-likeness (QED) is 0.442. The average Bonchev–Trinajstić information content (AvgIpc) is 2.29. The summed E-state index contributed by atoms with van der Waals surface area (Å²) in [5, 5.41) is -0.0912. The van der Waals surface area contributed by atoms with Crippen LogP contribution in [0, 0.1) is 5.92 Å². The van der Waals surface area contributed by atoms with E-state index in [0.29, 0.717) is 18.9 Å². The molecule has 0 saturated heterocycles. The van der Waals surface area contributed by atoms with Crippen molar-refractivity contribution in [3.8, 4) is 0 Å². The van der Waals surface area contributed by atoms with Crippen molar-refractivity contribution in [2.45, 2.75) is 64.8 Å². The number of ether oxygens (including phenoxy) is 1. The van der Waals surface area contributed by atoms with E-state index < -0.39 is 6.17 Å². The number of thioether (sulfide) groups is 1. The van der Waals surface area contributed by atoms with Crippen LogP contribution < -0.4 is 0 Å². The summed E-state index contributed by atoms with van der Waals surface area (Å²) >= 11 is 1.61. The van der Waals surface area contributed by atoms with Crippen LogP contribution in [0.3, 0.4) is 0 Å². The lowest BCUT2D eigenvalue weighted by Crippen LogP contribution is -2.23. The second kappa shape index (κ2) is 10.7. The summed E-state index contributed by atoms with van der Waals surface area (Å²) in [4.78, 5) is 11.8. The van der Waals surface area contributed by atoms with E-state index in [1.54, 1.807) is 18.7 Å². The number of rotatable bonds is 10. The summed E-state index contributed by atoms with van der Waals surface area (Å²) in [6.07, 6.45) is 2.33. The van der Waals surface area contributed by atoms with Gasteiger partial charge in [0.15, 0.2) is 0 Å². The van der Waals surface area contributed by atoms with E-state index in [9.17, 15) is 9.18 Å². The summed E-state index contributed by atoms with van der Waals surface area (Å²) in [7, 11) is 0. The molecule has 0 rings (SSSR count). The van der Waals surface area contributed by atoms with Gasteiger partial charge in [-0.15, -0.1) is 11.8 Å². The predicted molar refractivity (Wildman–Crippen MR) is 76.8 cm³/mol. The van der Waals surface area contributed by atoms with E-state index in [0.717, 1.165) is 25.0 Å². The van der Waals surface area contributed by atoms with Gasteiger partial charge in [-0.05, 0) is 44.3 Å². The number of alkyl halides is 1. The van der Waals surface area contributed by atoms with Crippen molar-refractivity contribution < 1.29 is 13.9 Å². The minimum atomic E-state index is -0.749. The summed E-state index contributed by atoms with van der Waals surface area (Å²) in [6, 6.07) is 0. The second-order valence-corrected chi connectivity index (χ2v) is 6.39. The predicted octanol–water partition coefficient (Wildman–Crippen LogP) is 4.23. The summed E-state index contributed by atoms with van der Waals surface area (Å²) < 4.78 is 17.9. The Kier molecular flexibility index (Phi) is 10.5. The maximum atomic E-state index is 12.7. The molecule has 0 radical (unpaired) electrons. The third-order valence-electron chi connectivity index (χ3n) is 2.46. The lowest BCUT2D eigenvalue weighted by atomic mass is 10.1. The molecule has 0 aliphatic heterocycles. The molecule has 4 heteroatoms. The topological polar surface area (TPSA) is 26.3 Å². The van der Waals surface area contributed by atoms with Gasteiger partial charge in [-0.25, -0.2) is 4.39 Å². The van der Waals surface area contributed by atoms with Gasteiger partial charge >= 0.3 is 5.97 Å². The lowest BCUT2D eigenvalue weighted by Gasteiger charge is -2.17. The molecular formula is C14H27FO2S. The zero-order valence-electron chi connectivity index (χ0n) is 12.1. The van der Waals surface area contributed by atoms with E-state index in [1.807, 2.05) is 6.92 Å². The number of carbonyl (C=O) groups excluding carboxylic acids is 1. The van der Waals surface area contributed by atoms with Crippen LogP contribution in [0.5, 0.6) is 0 Å². The Morgan fingerprint density at radius 3 is 2.50 bits per heavy atom. The molecule has 2 unspecified atom stereocenters. The van der Waals surface area contributed by atoms with Crippen LogP contribution in [0.15, 0.2) is 0 Å². The fraction of sp³-hybridized carbons (Fsp3) is 0.929. The first kappa shape index (κ1) is 17.8. The maximum Gasteiger partial charge on any atom is 0.319 e. The Hall–Kier alpha value is -0.250. The number of halogens is 1. The van der Waals surface area contributed by atoms with Crippen molar-refractivity contribution in [3.05, 3.63) is 0 Å². The molecule has 0 bridgehead atoms. The number of hydrogen-bond donors (Lipinski definition) is 0. The van der Waals surface area contributed by atoms with Crippen molar-refractivity contribution in [2.75, 3.05) is 12.4 Å². The second-order valence-electron chi connectivity index (χ2n) is 5.08. The minimum Gasteiger partial charge on any atom is -0.465 e. The lowest BCUT2D eigenvalue weighted by molar-refractivity contribution is -0.143. The van der Waals surface area contributed by atoms with Gasteiger partial charge in [0.05, 0.1) is 12.8 Å². The van der Waals surface area contributed by atoms with Crippen molar-refractivity contribution in [3.63, 3.8) is 0 Å². The third kappa shape index (κ3) is 9.75. The van der Waals surface area contributed by atoms with Crippen LogP contribution in [-0.4, -0.2) is 29.8 Å². The monoisotopic (exact) mass is 278 g/mol. The zero-order valence-corrected chi connectivity index (χ0v) is 12.9. The molecule has 0 heterocycles. The molecule has 0 N–H and O–H groups in total. The van der Waals surface area contributed by atoms with Gasteiger partial charge in [-0.1, -0.05) is 20.8 Å². The maximum absolute atomic E-state index is 12.7. The van der Waals surface area contributed by atoms with Gasteiger partial charge in [-0.2, -0.15) is 0 Å². The van der Waals surface area contributed by atoms with Gasteiger partial charge in [0.25, 0.3) is 0 Å². The molecule has 0 fully saturated rings. The molecule has 0 aromatic heterocycles. The van der Waals surface area contributed by atoms with Crippen LogP contribution in [0.1, 0.15) is 53.4 Å². The van der Waals surface area contributed by atoms with Crippen LogP contribution in [-0.2, 0) is 9.53 Å². The zero-order chi connectivity index (χ0) is 14.0. The number of esters is 1. The normalized spacial score (nSPS) is 14.6. The Morgan fingerprint density at radius 1 is 1.33 bits per heavy atom. The van der Waals surface area contributed by atoms with E-state index in [2.05, 4.69) is 13.8 Å². The highest BCUT2D eigenvalue weighted by Crippen LogP contribution is 2.22. The first-order chi connectivity index (χ1) is 8.47. The van der Waals surface area contributed by atoms with Crippen LogP contribution in [0.25, 0.3) is 0 Å². The van der Waals surface area contributed by atoms with E-state index >= 15 is 0 Å². The van der Waals surface area contributed by atoms with Crippen molar-refractivity contribution in [1.29, 1.82) is 0 Å². The van der Waals surface area contributed by atoms with E-state index in [1.165, 1.54) is 0 Å². The number of hydrogen-bond acceptors (Lipinski definition) is 3. The molecule has 0 aliphatic rings. The van der Waals surface area contributed by atoms with E-state index in [-0.39, 0.29) is 11.2 Å². The molecule has 0 saturated carbocycles. The highest BCUT2D eigenvalue weighted by atomic mass is 32.2. The van der Waals surface area contributed by atoms with Gasteiger partial charge in [0.2, 0.25) is 0 Å². The first-order valence-electron chi connectivity index (χ1n) is 6.89. The van der Waals surface area contributed by atoms with Crippen molar-refractivity contribution >= 4 is 17.7 Å². The Balaban J connectivity index is 4.01. The van der Waals surface area contributed by atoms with Gasteiger partial charge in [-0.3, -0.25) is 4.79 Å². The van der Waals surface area contributed by atoms with Crippen LogP contribution >= 0.6 is 11.8 Å². The largest absolute Gasteiger partial charge is 0.465 e. The fourth-order valence-electron chi connectivity index (χ4n) is 1.55. The molecular weight excluding hydrogens is 251 g/mol. The Morgan fingerprint density at radius 2 is 2.00 bits per heavy atom. The summed E-state index contributed by atoms with van der Waals surface area (Å²) in [5.41, 5.74) is 0. The fourth-order valence-corrected chi connectivity index (χ4v) is 2.89. The molecule has 0 spiro atoms. The van der Waals surface area contributed by atoms with Crippen LogP contribution in [0.2, 0.25) is 0 Å². The Bertz CT molecular complexity index is 220. The molecule has 2 nitrogen and oxygen atoms in total. The van der Waals surface area contributed by atoms with Gasteiger partial charge < -0.3 is 4.74 Å². The highest BCUT2D eigenvalue weighted by Gasteiger charge is 2.21. The van der Waals surface area contributed by atoms with Crippen LogP contribution in [0.4, 0.5) is 4.39 Å². The third-order valence-corrected chi connectivity index (χ3v) is 3.77. The standard InChI is InChI=1S/C14H27FO2S/c1-5-8-17-14(16)13(10-11(2)3)18-9-6-7-12(4)15/h11-13H,5-10H2,1-4H3. The Labute approximate surface area is 115 Å². The van der Waals surface area contributed by atoms with Gasteiger partial charge in [0, 0.05) is 0 Å². The summed E-state index contributed by atoms with van der Waals surface area (Å²) in [6.45, 7) is 8.26. The number of carbonyl (C=O) groups is 1.